The van der Waals surface area contributed by atoms with E-state index in [2.05, 4.69) is 39.6 Å². The zero-order chi connectivity index (χ0) is 24.2. The summed E-state index contributed by atoms with van der Waals surface area (Å²) in [6.07, 6.45) is 4.55. The van der Waals surface area contributed by atoms with Crippen molar-refractivity contribution in [3.63, 3.8) is 0 Å². The number of hydrogen-bond acceptors (Lipinski definition) is 8. The first-order chi connectivity index (χ1) is 16.3. The fourth-order valence-electron chi connectivity index (χ4n) is 4.24. The van der Waals surface area contributed by atoms with E-state index in [0.29, 0.717) is 48.4 Å². The van der Waals surface area contributed by atoms with Crippen LogP contribution in [-0.4, -0.2) is 51.9 Å². The van der Waals surface area contributed by atoms with Crippen LogP contribution in [0.4, 0.5) is 5.95 Å². The molecular formula is C23H32N8O3. The summed E-state index contributed by atoms with van der Waals surface area (Å²) >= 11 is 0. The molecule has 2 N–H and O–H groups in total. The van der Waals surface area contributed by atoms with Crippen LogP contribution in [0.1, 0.15) is 50.9 Å². The summed E-state index contributed by atoms with van der Waals surface area (Å²) in [7, 11) is 1.84. The van der Waals surface area contributed by atoms with Crippen LogP contribution in [0.2, 0.25) is 0 Å². The Bertz CT molecular complexity index is 1140. The lowest BCUT2D eigenvalue weighted by Gasteiger charge is -2.27. The maximum absolute atomic E-state index is 11.3. The first-order valence-corrected chi connectivity index (χ1v) is 11.7. The lowest BCUT2D eigenvalue weighted by Crippen LogP contribution is -2.29. The molecule has 0 spiro atoms. The molecule has 1 unspecified atom stereocenters. The molecule has 0 aromatic carbocycles. The van der Waals surface area contributed by atoms with Gasteiger partial charge in [-0.3, -0.25) is 9.48 Å². The van der Waals surface area contributed by atoms with E-state index in [9.17, 15) is 9.90 Å². The first-order valence-electron chi connectivity index (χ1n) is 11.7. The third-order valence-electron chi connectivity index (χ3n) is 5.99. The minimum Gasteiger partial charge on any atom is -0.489 e. The predicted octanol–water partition coefficient (Wildman–Crippen LogP) is 3.07. The van der Waals surface area contributed by atoms with Crippen molar-refractivity contribution in [1.82, 2.24) is 34.7 Å². The number of aliphatic carboxylic acids is 1. The maximum atomic E-state index is 11.3. The van der Waals surface area contributed by atoms with Crippen molar-refractivity contribution < 1.29 is 14.6 Å². The normalized spacial score (nSPS) is 18.3. The average molecular weight is 469 g/mol. The van der Waals surface area contributed by atoms with Crippen LogP contribution < -0.4 is 10.1 Å². The van der Waals surface area contributed by atoms with Crippen molar-refractivity contribution in [1.29, 1.82) is 0 Å². The number of anilines is 1. The second kappa shape index (κ2) is 10.2. The third-order valence-corrected chi connectivity index (χ3v) is 5.99. The van der Waals surface area contributed by atoms with E-state index in [1.807, 2.05) is 30.8 Å². The van der Waals surface area contributed by atoms with Crippen LogP contribution in [0, 0.1) is 18.8 Å². The lowest BCUT2D eigenvalue weighted by molar-refractivity contribution is -0.143. The van der Waals surface area contributed by atoms with Crippen LogP contribution in [0.3, 0.4) is 0 Å². The van der Waals surface area contributed by atoms with Crippen LogP contribution in [0.25, 0.3) is 11.4 Å². The lowest BCUT2D eigenvalue weighted by atomic mass is 9.87. The number of hydrogen-bond donors (Lipinski definition) is 2. The van der Waals surface area contributed by atoms with Crippen molar-refractivity contribution >= 4 is 11.9 Å². The summed E-state index contributed by atoms with van der Waals surface area (Å²) in [6, 6.07) is 3.74. The van der Waals surface area contributed by atoms with Gasteiger partial charge in [-0.25, -0.2) is 14.6 Å². The number of aryl methyl sites for hydroxylation is 2. The number of carbonyl (C=O) groups is 1. The number of nitrogens with zero attached hydrogens (tertiary/aromatic N) is 7. The first kappa shape index (κ1) is 23.7. The minimum atomic E-state index is -0.746. The number of nitrogens with one attached hydrogen (secondary N) is 1. The molecule has 0 saturated heterocycles. The smallest absolute Gasteiger partial charge is 0.306 e. The molecule has 1 aliphatic carbocycles. The molecule has 3 aromatic heterocycles. The molecule has 0 amide bonds. The predicted molar refractivity (Wildman–Crippen MR) is 125 cm³/mol. The third kappa shape index (κ3) is 5.52. The van der Waals surface area contributed by atoms with E-state index in [-0.39, 0.29) is 12.0 Å². The van der Waals surface area contributed by atoms with E-state index >= 15 is 0 Å². The molecule has 4 rings (SSSR count). The van der Waals surface area contributed by atoms with Crippen molar-refractivity contribution in [3.8, 4) is 17.1 Å². The van der Waals surface area contributed by atoms with Gasteiger partial charge in [0, 0.05) is 13.6 Å². The van der Waals surface area contributed by atoms with Gasteiger partial charge < -0.3 is 15.2 Å². The number of carboxylic acid groups (broad SMARTS) is 1. The van der Waals surface area contributed by atoms with Gasteiger partial charge in [0.2, 0.25) is 5.95 Å². The van der Waals surface area contributed by atoms with Crippen LogP contribution in [0.15, 0.2) is 18.5 Å². The number of carboxylic acids is 1. The van der Waals surface area contributed by atoms with Gasteiger partial charge >= 0.3 is 5.97 Å². The number of rotatable bonds is 9. The Hall–Kier alpha value is -3.50. The zero-order valence-corrected chi connectivity index (χ0v) is 20.1. The molecule has 11 nitrogen and oxygen atoms in total. The highest BCUT2D eigenvalue weighted by Crippen LogP contribution is 2.30. The molecule has 182 valence electrons. The minimum absolute atomic E-state index is 0.111. The van der Waals surface area contributed by atoms with Gasteiger partial charge in [-0.1, -0.05) is 19.1 Å². The van der Waals surface area contributed by atoms with Gasteiger partial charge in [0.1, 0.15) is 17.8 Å². The summed E-state index contributed by atoms with van der Waals surface area (Å²) in [6.45, 7) is 7.41. The van der Waals surface area contributed by atoms with Crippen molar-refractivity contribution in [2.45, 2.75) is 65.6 Å². The van der Waals surface area contributed by atoms with E-state index in [1.165, 1.54) is 0 Å². The molecular weight excluding hydrogens is 436 g/mol. The Morgan fingerprint density at radius 1 is 1.32 bits per heavy atom. The van der Waals surface area contributed by atoms with Gasteiger partial charge in [0.15, 0.2) is 0 Å². The summed E-state index contributed by atoms with van der Waals surface area (Å²) in [5.74, 6) is 0.618. The Morgan fingerprint density at radius 3 is 2.88 bits per heavy atom. The van der Waals surface area contributed by atoms with Gasteiger partial charge in [-0.05, 0) is 50.7 Å². The molecule has 2 atom stereocenters. The molecule has 34 heavy (non-hydrogen) atoms. The van der Waals surface area contributed by atoms with Crippen LogP contribution in [-0.2, 0) is 24.9 Å². The molecule has 3 aromatic rings. The van der Waals surface area contributed by atoms with Gasteiger partial charge in [0.25, 0.3) is 0 Å². The molecule has 3 heterocycles. The average Bonchev–Trinajstić information content (AvgIpc) is 3.39. The highest BCUT2D eigenvalue weighted by atomic mass is 16.5. The molecule has 0 aliphatic heterocycles. The second-order valence-corrected chi connectivity index (χ2v) is 9.27. The fourth-order valence-corrected chi connectivity index (χ4v) is 4.24. The Morgan fingerprint density at radius 2 is 2.15 bits per heavy atom. The Labute approximate surface area is 198 Å². The molecule has 0 radical (unpaired) electrons. The number of ether oxygens (including phenoxy) is 1. The summed E-state index contributed by atoms with van der Waals surface area (Å²) < 4.78 is 9.66. The van der Waals surface area contributed by atoms with Gasteiger partial charge in [-0.2, -0.15) is 0 Å². The molecule has 0 bridgehead atoms. The highest BCUT2D eigenvalue weighted by molar-refractivity contribution is 5.70. The zero-order valence-electron chi connectivity index (χ0n) is 20.1. The van der Waals surface area contributed by atoms with E-state index < -0.39 is 5.97 Å². The van der Waals surface area contributed by atoms with Crippen molar-refractivity contribution in [2.75, 3.05) is 5.32 Å². The number of aromatic nitrogens is 7. The summed E-state index contributed by atoms with van der Waals surface area (Å²) in [4.78, 5) is 20.4. The number of pyridine rings is 1. The summed E-state index contributed by atoms with van der Waals surface area (Å²) in [5.41, 5.74) is 2.96. The molecule has 11 heteroatoms. The monoisotopic (exact) mass is 468 g/mol. The molecule has 1 saturated carbocycles. The van der Waals surface area contributed by atoms with E-state index in [4.69, 9.17) is 9.72 Å². The van der Waals surface area contributed by atoms with Gasteiger partial charge in [-0.15, -0.1) is 10.2 Å². The van der Waals surface area contributed by atoms with Crippen LogP contribution >= 0.6 is 0 Å². The van der Waals surface area contributed by atoms with Crippen LogP contribution in [0.5, 0.6) is 5.75 Å². The van der Waals surface area contributed by atoms with Gasteiger partial charge in [0.05, 0.1) is 35.6 Å². The SMILES string of the molecule is Cc1nc(-c2nnn(C)c2CNc2ncn(CC(C)C)n2)ccc1OC1CCC[C@H](C(=O)O)C1. The second-order valence-electron chi connectivity index (χ2n) is 9.27. The van der Waals surface area contributed by atoms with Crippen molar-refractivity contribution in [3.05, 3.63) is 29.8 Å². The largest absolute Gasteiger partial charge is 0.489 e. The highest BCUT2D eigenvalue weighted by Gasteiger charge is 2.28. The maximum Gasteiger partial charge on any atom is 0.306 e. The van der Waals surface area contributed by atoms with E-state index in [1.54, 1.807) is 11.0 Å². The summed E-state index contributed by atoms with van der Waals surface area (Å²) in [5, 5.41) is 25.5. The Kier molecular flexibility index (Phi) is 7.09. The molecule has 1 fully saturated rings. The quantitative estimate of drug-likeness (QED) is 0.486. The fraction of sp³-hybridized carbons (Fsp3) is 0.565. The standard InChI is InChI=1S/C23H32N8O3/c1-14(2)12-31-13-25-23(28-31)24-11-19-21(27-29-30(19)4)18-8-9-20(15(3)26-18)34-17-7-5-6-16(10-17)22(32)33/h8-9,13-14,16-17H,5-7,10-12H2,1-4H3,(H,24,28)(H,32,33)/t16-,17?/m0/s1. The topological polar surface area (TPSA) is 133 Å². The van der Waals surface area contributed by atoms with E-state index in [0.717, 1.165) is 30.8 Å². The Balaban J connectivity index is 1.45. The molecule has 1 aliphatic rings. The van der Waals surface area contributed by atoms with Crippen molar-refractivity contribution in [2.24, 2.45) is 18.9 Å².